The van der Waals surface area contributed by atoms with Gasteiger partial charge in [-0.15, -0.1) is 0 Å². The number of amides is 2. The summed E-state index contributed by atoms with van der Waals surface area (Å²) in [6, 6.07) is 7.59. The van der Waals surface area contributed by atoms with Crippen LogP contribution in [0.1, 0.15) is 25.3 Å². The Kier molecular flexibility index (Phi) is 4.74. The van der Waals surface area contributed by atoms with Crippen molar-refractivity contribution in [2.75, 3.05) is 31.5 Å². The van der Waals surface area contributed by atoms with Gasteiger partial charge in [-0.2, -0.15) is 0 Å². The lowest BCUT2D eigenvalue weighted by Crippen LogP contribution is -2.49. The van der Waals surface area contributed by atoms with Gasteiger partial charge in [0.1, 0.15) is 0 Å². The predicted octanol–water partition coefficient (Wildman–Crippen LogP) is 1.18. The second-order valence-electron chi connectivity index (χ2n) is 5.24. The van der Waals surface area contributed by atoms with Crippen molar-refractivity contribution in [3.05, 3.63) is 29.8 Å². The number of anilines is 1. The minimum absolute atomic E-state index is 0.292. The number of rotatable bonds is 2. The van der Waals surface area contributed by atoms with Crippen molar-refractivity contribution >= 4 is 17.5 Å². The molecule has 0 atom stereocenters. The Morgan fingerprint density at radius 1 is 1.20 bits per heavy atom. The summed E-state index contributed by atoms with van der Waals surface area (Å²) in [5.74, 6) is -0.717. The quantitative estimate of drug-likeness (QED) is 0.797. The first kappa shape index (κ1) is 14.5. The first-order chi connectivity index (χ1) is 9.59. The van der Waals surface area contributed by atoms with E-state index in [1.165, 1.54) is 0 Å². The van der Waals surface area contributed by atoms with Gasteiger partial charge >= 0.3 is 11.8 Å². The van der Waals surface area contributed by atoms with Gasteiger partial charge in [0.15, 0.2) is 0 Å². The molecule has 0 bridgehead atoms. The molecule has 1 heterocycles. The Morgan fingerprint density at radius 2 is 1.85 bits per heavy atom. The Hall–Kier alpha value is -1.88. The average molecular weight is 275 g/mol. The molecule has 0 aromatic heterocycles. The number of nitrogens with one attached hydrogen (secondary N) is 2. The van der Waals surface area contributed by atoms with Gasteiger partial charge in [-0.3, -0.25) is 9.59 Å². The minimum atomic E-state index is -0.556. The van der Waals surface area contributed by atoms with Crippen LogP contribution < -0.4 is 10.6 Å². The number of benzene rings is 1. The van der Waals surface area contributed by atoms with Crippen LogP contribution >= 0.6 is 0 Å². The lowest BCUT2D eigenvalue weighted by Gasteiger charge is -2.26. The van der Waals surface area contributed by atoms with Crippen molar-refractivity contribution in [2.24, 2.45) is 0 Å². The molecule has 2 rings (SSSR count). The number of nitrogens with zero attached hydrogens (tertiary/aromatic N) is 1. The highest BCUT2D eigenvalue weighted by Crippen LogP contribution is 2.23. The third-order valence-corrected chi connectivity index (χ3v) is 3.43. The molecule has 5 nitrogen and oxygen atoms in total. The van der Waals surface area contributed by atoms with E-state index in [4.69, 9.17) is 0 Å². The summed E-state index contributed by atoms with van der Waals surface area (Å²) in [6.45, 7) is 6.76. The molecule has 0 saturated carbocycles. The third kappa shape index (κ3) is 3.36. The first-order valence-corrected chi connectivity index (χ1v) is 6.99. The molecule has 0 spiro atoms. The van der Waals surface area contributed by atoms with E-state index >= 15 is 0 Å². The molecule has 2 amide bonds. The monoisotopic (exact) mass is 275 g/mol. The van der Waals surface area contributed by atoms with Crippen LogP contribution in [0.2, 0.25) is 0 Å². The molecule has 2 N–H and O–H groups in total. The van der Waals surface area contributed by atoms with Crippen molar-refractivity contribution in [1.29, 1.82) is 0 Å². The number of piperazine rings is 1. The van der Waals surface area contributed by atoms with Gasteiger partial charge in [0.2, 0.25) is 0 Å². The SMILES string of the molecule is CC(C)c1ccccc1NC(=O)C(=O)N1CCNCC1. The summed E-state index contributed by atoms with van der Waals surface area (Å²) < 4.78 is 0. The highest BCUT2D eigenvalue weighted by Gasteiger charge is 2.23. The van der Waals surface area contributed by atoms with Gasteiger partial charge in [-0.25, -0.2) is 0 Å². The largest absolute Gasteiger partial charge is 0.332 e. The van der Waals surface area contributed by atoms with E-state index in [-0.39, 0.29) is 0 Å². The van der Waals surface area contributed by atoms with E-state index in [1.807, 2.05) is 24.3 Å². The lowest BCUT2D eigenvalue weighted by atomic mass is 10.0. The summed E-state index contributed by atoms with van der Waals surface area (Å²) in [7, 11) is 0. The third-order valence-electron chi connectivity index (χ3n) is 3.43. The second kappa shape index (κ2) is 6.52. The molecule has 1 fully saturated rings. The molecule has 1 aliphatic heterocycles. The lowest BCUT2D eigenvalue weighted by molar-refractivity contribution is -0.143. The maximum Gasteiger partial charge on any atom is 0.313 e. The number of para-hydroxylation sites is 1. The molecule has 5 heteroatoms. The van der Waals surface area contributed by atoms with Crippen LogP contribution in [-0.4, -0.2) is 42.9 Å². The maximum atomic E-state index is 12.1. The summed E-state index contributed by atoms with van der Waals surface area (Å²) in [5.41, 5.74) is 1.75. The van der Waals surface area contributed by atoms with Crippen LogP contribution in [0.4, 0.5) is 5.69 Å². The fourth-order valence-corrected chi connectivity index (χ4v) is 2.30. The smallest absolute Gasteiger partial charge is 0.313 e. The molecule has 1 aliphatic rings. The number of hydrogen-bond donors (Lipinski definition) is 2. The Labute approximate surface area is 119 Å². The number of hydrogen-bond acceptors (Lipinski definition) is 3. The van der Waals surface area contributed by atoms with E-state index in [9.17, 15) is 9.59 Å². The molecule has 0 unspecified atom stereocenters. The molecular weight excluding hydrogens is 254 g/mol. The average Bonchev–Trinajstić information content (AvgIpc) is 2.47. The first-order valence-electron chi connectivity index (χ1n) is 6.99. The molecule has 0 aliphatic carbocycles. The van der Waals surface area contributed by atoms with Crippen LogP contribution in [0.3, 0.4) is 0 Å². The van der Waals surface area contributed by atoms with E-state index in [0.29, 0.717) is 19.0 Å². The van der Waals surface area contributed by atoms with Gasteiger partial charge in [0.25, 0.3) is 0 Å². The molecule has 20 heavy (non-hydrogen) atoms. The van der Waals surface area contributed by atoms with Crippen molar-refractivity contribution in [3.8, 4) is 0 Å². The topological polar surface area (TPSA) is 61.4 Å². The molecule has 1 aromatic rings. The van der Waals surface area contributed by atoms with Crippen molar-refractivity contribution in [2.45, 2.75) is 19.8 Å². The zero-order valence-electron chi connectivity index (χ0n) is 12.0. The summed E-state index contributed by atoms with van der Waals surface area (Å²) in [6.07, 6.45) is 0. The summed E-state index contributed by atoms with van der Waals surface area (Å²) in [4.78, 5) is 25.7. The van der Waals surface area contributed by atoms with E-state index in [2.05, 4.69) is 24.5 Å². The van der Waals surface area contributed by atoms with Gasteiger partial charge in [-0.1, -0.05) is 32.0 Å². The van der Waals surface area contributed by atoms with E-state index < -0.39 is 11.8 Å². The molecular formula is C15H21N3O2. The number of carbonyl (C=O) groups excluding carboxylic acids is 2. The zero-order valence-corrected chi connectivity index (χ0v) is 12.0. The minimum Gasteiger partial charge on any atom is -0.332 e. The van der Waals surface area contributed by atoms with Crippen molar-refractivity contribution in [3.63, 3.8) is 0 Å². The number of carbonyl (C=O) groups is 2. The highest BCUT2D eigenvalue weighted by molar-refractivity contribution is 6.39. The predicted molar refractivity (Wildman–Crippen MR) is 78.6 cm³/mol. The molecule has 1 saturated heterocycles. The highest BCUT2D eigenvalue weighted by atomic mass is 16.2. The van der Waals surface area contributed by atoms with Gasteiger partial charge in [-0.05, 0) is 17.5 Å². The van der Waals surface area contributed by atoms with Crippen molar-refractivity contribution < 1.29 is 9.59 Å². The normalized spacial score (nSPS) is 15.2. The zero-order chi connectivity index (χ0) is 14.5. The van der Waals surface area contributed by atoms with Gasteiger partial charge < -0.3 is 15.5 Å². The van der Waals surface area contributed by atoms with Crippen LogP contribution in [0.15, 0.2) is 24.3 Å². The van der Waals surface area contributed by atoms with Gasteiger partial charge in [0, 0.05) is 31.9 Å². The fourth-order valence-electron chi connectivity index (χ4n) is 2.30. The Bertz CT molecular complexity index is 494. The Balaban J connectivity index is 2.05. The van der Waals surface area contributed by atoms with E-state index in [1.54, 1.807) is 4.90 Å². The van der Waals surface area contributed by atoms with Crippen LogP contribution in [-0.2, 0) is 9.59 Å². The fraction of sp³-hybridized carbons (Fsp3) is 0.467. The van der Waals surface area contributed by atoms with Crippen LogP contribution in [0.25, 0.3) is 0 Å². The van der Waals surface area contributed by atoms with Gasteiger partial charge in [0.05, 0.1) is 0 Å². The van der Waals surface area contributed by atoms with E-state index in [0.717, 1.165) is 24.3 Å². The second-order valence-corrected chi connectivity index (χ2v) is 5.24. The maximum absolute atomic E-state index is 12.1. The van der Waals surface area contributed by atoms with Crippen LogP contribution in [0.5, 0.6) is 0 Å². The summed E-state index contributed by atoms with van der Waals surface area (Å²) >= 11 is 0. The standard InChI is InChI=1S/C15H21N3O2/c1-11(2)12-5-3-4-6-13(12)17-14(19)15(20)18-9-7-16-8-10-18/h3-6,11,16H,7-10H2,1-2H3,(H,17,19). The summed E-state index contributed by atoms with van der Waals surface area (Å²) in [5, 5.41) is 5.90. The van der Waals surface area contributed by atoms with Crippen molar-refractivity contribution in [1.82, 2.24) is 10.2 Å². The Morgan fingerprint density at radius 3 is 2.50 bits per heavy atom. The molecule has 1 aromatic carbocycles. The molecule has 108 valence electrons. The molecule has 0 radical (unpaired) electrons. The van der Waals surface area contributed by atoms with Crippen LogP contribution in [0, 0.1) is 0 Å².